The highest BCUT2D eigenvalue weighted by Crippen LogP contribution is 2.19. The predicted molar refractivity (Wildman–Crippen MR) is 92.3 cm³/mol. The van der Waals surface area contributed by atoms with Crippen molar-refractivity contribution in [1.29, 1.82) is 0 Å². The molecule has 1 aromatic carbocycles. The number of aromatic nitrogens is 1. The Hall–Kier alpha value is -2.51. The van der Waals surface area contributed by atoms with Crippen LogP contribution in [0.15, 0.2) is 59.6 Å². The molecular formula is C18H21NO5S. The number of aryl methyl sites for hydroxylation is 1. The molecule has 25 heavy (non-hydrogen) atoms. The SMILES string of the molecule is C=C(C)C[n+]1ccccc1C(C)=O.Cc1ccc(O)cc1S(=O)(=O)[O-]. The molecule has 0 amide bonds. The molecule has 0 aliphatic rings. The highest BCUT2D eigenvalue weighted by Gasteiger charge is 2.13. The summed E-state index contributed by atoms with van der Waals surface area (Å²) in [6.45, 7) is 9.54. The molecule has 0 saturated carbocycles. The Morgan fingerprint density at radius 2 is 1.88 bits per heavy atom. The van der Waals surface area contributed by atoms with Crippen molar-refractivity contribution < 1.29 is 27.4 Å². The Balaban J connectivity index is 0.000000251. The van der Waals surface area contributed by atoms with E-state index in [4.69, 9.17) is 5.11 Å². The number of Topliss-reactive ketones (excluding diaryl/α,β-unsaturated/α-hetero) is 1. The van der Waals surface area contributed by atoms with Crippen LogP contribution in [0.25, 0.3) is 0 Å². The van der Waals surface area contributed by atoms with Crippen molar-refractivity contribution in [3.8, 4) is 5.75 Å². The molecule has 0 bridgehead atoms. The van der Waals surface area contributed by atoms with E-state index in [1.165, 1.54) is 19.1 Å². The largest absolute Gasteiger partial charge is 0.744 e. The first kappa shape index (κ1) is 20.5. The monoisotopic (exact) mass is 363 g/mol. The van der Waals surface area contributed by atoms with Crippen molar-refractivity contribution in [3.63, 3.8) is 0 Å². The molecule has 0 aliphatic carbocycles. The van der Waals surface area contributed by atoms with Gasteiger partial charge in [-0.3, -0.25) is 4.79 Å². The first-order valence-electron chi connectivity index (χ1n) is 7.41. The number of ketones is 1. The third-order valence-corrected chi connectivity index (χ3v) is 4.16. The number of hydrogen-bond acceptors (Lipinski definition) is 5. The van der Waals surface area contributed by atoms with E-state index in [9.17, 15) is 17.8 Å². The Bertz CT molecular complexity index is 888. The number of aromatic hydroxyl groups is 1. The zero-order chi connectivity index (χ0) is 19.2. The van der Waals surface area contributed by atoms with Gasteiger partial charge >= 0.3 is 0 Å². The maximum Gasteiger partial charge on any atom is 0.248 e. The van der Waals surface area contributed by atoms with Crippen LogP contribution >= 0.6 is 0 Å². The summed E-state index contributed by atoms with van der Waals surface area (Å²) in [5.74, 6) is -0.142. The molecule has 1 aromatic heterocycles. The summed E-state index contributed by atoms with van der Waals surface area (Å²) >= 11 is 0. The number of pyridine rings is 1. The zero-order valence-electron chi connectivity index (χ0n) is 14.4. The number of rotatable bonds is 4. The Morgan fingerprint density at radius 1 is 1.24 bits per heavy atom. The summed E-state index contributed by atoms with van der Waals surface area (Å²) in [5.41, 5.74) is 2.10. The van der Waals surface area contributed by atoms with Crippen LogP contribution < -0.4 is 4.57 Å². The van der Waals surface area contributed by atoms with Gasteiger partial charge < -0.3 is 9.66 Å². The quantitative estimate of drug-likeness (QED) is 0.389. The highest BCUT2D eigenvalue weighted by molar-refractivity contribution is 7.85. The average molecular weight is 363 g/mol. The standard InChI is InChI=1S/C11H14NO.C7H8O4S/c1-9(2)8-12-7-5-4-6-11(12)10(3)13;1-5-2-3-6(8)4-7(5)12(9,10)11/h4-7H,1,8H2,2-3H3;2-4,8H,1H3,(H,9,10,11)/q+1;/p-1. The van der Waals surface area contributed by atoms with Gasteiger partial charge in [-0.2, -0.15) is 4.57 Å². The zero-order valence-corrected chi connectivity index (χ0v) is 15.2. The van der Waals surface area contributed by atoms with Crippen LogP contribution in [0.1, 0.15) is 29.9 Å². The summed E-state index contributed by atoms with van der Waals surface area (Å²) in [6, 6.07) is 9.24. The van der Waals surface area contributed by atoms with Crippen molar-refractivity contribution in [1.82, 2.24) is 0 Å². The van der Waals surface area contributed by atoms with Gasteiger partial charge in [-0.05, 0) is 43.2 Å². The predicted octanol–water partition coefficient (Wildman–Crippen LogP) is 2.36. The number of carbonyl (C=O) groups excluding carboxylic acids is 1. The van der Waals surface area contributed by atoms with Crippen molar-refractivity contribution in [2.24, 2.45) is 0 Å². The number of carbonyl (C=O) groups is 1. The lowest BCUT2D eigenvalue weighted by Gasteiger charge is -2.09. The molecule has 0 saturated heterocycles. The number of phenolic OH excluding ortho intramolecular Hbond substituents is 1. The van der Waals surface area contributed by atoms with E-state index in [-0.39, 0.29) is 16.4 Å². The van der Waals surface area contributed by atoms with Crippen LogP contribution in [-0.2, 0) is 16.7 Å². The van der Waals surface area contributed by atoms with Crippen LogP contribution in [0.5, 0.6) is 5.75 Å². The molecule has 6 nitrogen and oxygen atoms in total. The number of benzene rings is 1. The summed E-state index contributed by atoms with van der Waals surface area (Å²) in [7, 11) is -4.47. The van der Waals surface area contributed by atoms with Crippen molar-refractivity contribution in [3.05, 3.63) is 66.0 Å². The molecule has 2 aromatic rings. The third kappa shape index (κ3) is 6.48. The molecule has 0 aliphatic heterocycles. The fraction of sp³-hybridized carbons (Fsp3) is 0.222. The van der Waals surface area contributed by atoms with Crippen LogP contribution in [-0.4, -0.2) is 23.9 Å². The normalized spacial score (nSPS) is 10.6. The lowest BCUT2D eigenvalue weighted by atomic mass is 10.2. The van der Waals surface area contributed by atoms with Gasteiger partial charge in [0.1, 0.15) is 15.9 Å². The first-order valence-corrected chi connectivity index (χ1v) is 8.82. The maximum atomic E-state index is 11.2. The molecule has 0 atom stereocenters. The minimum Gasteiger partial charge on any atom is -0.744 e. The van der Waals surface area contributed by atoms with E-state index in [1.54, 1.807) is 6.92 Å². The van der Waals surface area contributed by atoms with E-state index in [1.807, 2.05) is 35.9 Å². The lowest BCUT2D eigenvalue weighted by molar-refractivity contribution is -0.690. The number of hydrogen-bond donors (Lipinski definition) is 1. The lowest BCUT2D eigenvalue weighted by Crippen LogP contribution is -2.39. The average Bonchev–Trinajstić information content (AvgIpc) is 2.49. The van der Waals surface area contributed by atoms with Gasteiger partial charge in [0.2, 0.25) is 11.5 Å². The molecule has 2 rings (SSSR count). The van der Waals surface area contributed by atoms with E-state index >= 15 is 0 Å². The second-order valence-corrected chi connectivity index (χ2v) is 6.98. The van der Waals surface area contributed by atoms with Gasteiger partial charge in [0.05, 0.1) is 4.90 Å². The molecular weight excluding hydrogens is 342 g/mol. The fourth-order valence-corrected chi connectivity index (χ4v) is 2.81. The number of allylic oxidation sites excluding steroid dienone is 1. The van der Waals surface area contributed by atoms with Gasteiger partial charge in [-0.25, -0.2) is 8.42 Å². The van der Waals surface area contributed by atoms with Crippen LogP contribution in [0, 0.1) is 6.92 Å². The van der Waals surface area contributed by atoms with Crippen LogP contribution in [0.2, 0.25) is 0 Å². The summed E-state index contributed by atoms with van der Waals surface area (Å²) in [5, 5.41) is 8.90. The van der Waals surface area contributed by atoms with E-state index in [2.05, 4.69) is 6.58 Å². The van der Waals surface area contributed by atoms with E-state index in [0.29, 0.717) is 12.1 Å². The number of phenols is 1. The molecule has 7 heteroatoms. The Morgan fingerprint density at radius 3 is 2.36 bits per heavy atom. The minimum atomic E-state index is -4.47. The molecule has 134 valence electrons. The highest BCUT2D eigenvalue weighted by atomic mass is 32.2. The van der Waals surface area contributed by atoms with Gasteiger partial charge in [-0.15, -0.1) is 0 Å². The van der Waals surface area contributed by atoms with Crippen LogP contribution in [0.4, 0.5) is 0 Å². The smallest absolute Gasteiger partial charge is 0.248 e. The Kier molecular flexibility index (Phi) is 7.02. The first-order chi connectivity index (χ1) is 11.5. The van der Waals surface area contributed by atoms with Crippen LogP contribution in [0.3, 0.4) is 0 Å². The van der Waals surface area contributed by atoms with Gasteiger partial charge in [-0.1, -0.05) is 12.6 Å². The summed E-state index contributed by atoms with van der Waals surface area (Å²) < 4.78 is 33.5. The molecule has 0 unspecified atom stereocenters. The molecule has 1 N–H and O–H groups in total. The third-order valence-electron chi connectivity index (χ3n) is 3.18. The van der Waals surface area contributed by atoms with Gasteiger partial charge in [0.25, 0.3) is 0 Å². The molecule has 0 spiro atoms. The molecule has 0 fully saturated rings. The Labute approximate surface area is 147 Å². The van der Waals surface area contributed by atoms with E-state index < -0.39 is 10.1 Å². The van der Waals surface area contributed by atoms with E-state index in [0.717, 1.165) is 17.3 Å². The topological polar surface area (TPSA) is 98.4 Å². The van der Waals surface area contributed by atoms with Crippen molar-refractivity contribution in [2.75, 3.05) is 0 Å². The number of nitrogens with zero attached hydrogens (tertiary/aromatic N) is 1. The summed E-state index contributed by atoms with van der Waals surface area (Å²) in [4.78, 5) is 10.8. The van der Waals surface area contributed by atoms with Gasteiger partial charge in [0.15, 0.2) is 12.7 Å². The molecule has 0 radical (unpaired) electrons. The second kappa shape index (κ2) is 8.55. The summed E-state index contributed by atoms with van der Waals surface area (Å²) in [6.07, 6.45) is 1.89. The maximum absolute atomic E-state index is 11.2. The van der Waals surface area contributed by atoms with Gasteiger partial charge in [0, 0.05) is 19.1 Å². The fourth-order valence-electron chi connectivity index (χ4n) is 2.08. The minimum absolute atomic E-state index is 0.0850. The molecule has 1 heterocycles. The van der Waals surface area contributed by atoms with Crippen molar-refractivity contribution >= 4 is 15.9 Å². The van der Waals surface area contributed by atoms with Crippen molar-refractivity contribution in [2.45, 2.75) is 32.2 Å². The second-order valence-electron chi connectivity index (χ2n) is 5.63.